The van der Waals surface area contributed by atoms with Crippen LogP contribution in [0.4, 0.5) is 0 Å². The maximum absolute atomic E-state index is 12.3. The van der Waals surface area contributed by atoms with E-state index in [1.807, 2.05) is 54.6 Å². The fraction of sp³-hybridized carbons (Fsp3) is 0.0417. The highest BCUT2D eigenvalue weighted by Gasteiger charge is 2.25. The first-order chi connectivity index (χ1) is 14.1. The molecule has 4 rings (SSSR count). The molecule has 4 aromatic rings. The van der Waals surface area contributed by atoms with Crippen LogP contribution in [0.5, 0.6) is 11.5 Å². The second kappa shape index (κ2) is 7.56. The lowest BCUT2D eigenvalue weighted by Gasteiger charge is -2.12. The quantitative estimate of drug-likeness (QED) is 0.494. The average Bonchev–Trinajstić information content (AvgIpc) is 3.15. The minimum Gasteiger partial charge on any atom is -0.507 e. The standard InChI is InChI=1S/C24H19NO4/c1-29-18-13-11-17(12-14-18)25-15-20(16-7-3-2-4-8-16)22(24(27)28)23(25)19-9-5-6-10-21(19)26/h2-15,26H,1H3,(H,27,28). The number of carbonyl (C=O) groups is 1. The molecule has 5 heteroatoms. The zero-order valence-corrected chi connectivity index (χ0v) is 15.7. The summed E-state index contributed by atoms with van der Waals surface area (Å²) in [7, 11) is 1.59. The van der Waals surface area contributed by atoms with Gasteiger partial charge in [0, 0.05) is 23.0 Å². The first-order valence-corrected chi connectivity index (χ1v) is 9.07. The molecular formula is C24H19NO4. The zero-order chi connectivity index (χ0) is 20.4. The van der Waals surface area contributed by atoms with Gasteiger partial charge in [-0.2, -0.15) is 0 Å². The van der Waals surface area contributed by atoms with Gasteiger partial charge in [-0.3, -0.25) is 0 Å². The molecule has 0 aliphatic rings. The van der Waals surface area contributed by atoms with Crippen LogP contribution in [0, 0.1) is 0 Å². The van der Waals surface area contributed by atoms with Gasteiger partial charge in [0.1, 0.15) is 11.5 Å². The average molecular weight is 385 g/mol. The molecule has 29 heavy (non-hydrogen) atoms. The van der Waals surface area contributed by atoms with E-state index in [2.05, 4.69) is 0 Å². The second-order valence-electron chi connectivity index (χ2n) is 6.52. The van der Waals surface area contributed by atoms with E-state index in [9.17, 15) is 15.0 Å². The van der Waals surface area contributed by atoms with E-state index in [0.29, 0.717) is 22.6 Å². The number of phenolic OH excluding ortho intramolecular Hbond substituents is 1. The maximum atomic E-state index is 12.3. The number of nitrogens with zero attached hydrogens (tertiary/aromatic N) is 1. The predicted molar refractivity (Wildman–Crippen MR) is 112 cm³/mol. The van der Waals surface area contributed by atoms with Gasteiger partial charge in [0.05, 0.1) is 18.4 Å². The number of benzene rings is 3. The van der Waals surface area contributed by atoms with Crippen LogP contribution in [0.15, 0.2) is 85.1 Å². The Hall–Kier alpha value is -3.99. The lowest BCUT2D eigenvalue weighted by atomic mass is 9.99. The summed E-state index contributed by atoms with van der Waals surface area (Å²) in [4.78, 5) is 12.3. The van der Waals surface area contributed by atoms with Crippen LogP contribution in [-0.2, 0) is 0 Å². The molecule has 0 radical (unpaired) electrons. The maximum Gasteiger partial charge on any atom is 0.338 e. The molecule has 0 unspecified atom stereocenters. The monoisotopic (exact) mass is 385 g/mol. The summed E-state index contributed by atoms with van der Waals surface area (Å²) in [6.45, 7) is 0. The van der Waals surface area contributed by atoms with Gasteiger partial charge in [-0.1, -0.05) is 42.5 Å². The Kier molecular flexibility index (Phi) is 4.79. The topological polar surface area (TPSA) is 71.7 Å². The summed E-state index contributed by atoms with van der Waals surface area (Å²) in [5, 5.41) is 20.6. The van der Waals surface area contributed by atoms with E-state index < -0.39 is 5.97 Å². The van der Waals surface area contributed by atoms with Crippen molar-refractivity contribution in [2.24, 2.45) is 0 Å². The van der Waals surface area contributed by atoms with Crippen molar-refractivity contribution < 1.29 is 19.7 Å². The number of phenols is 1. The Bertz CT molecular complexity index is 1160. The molecule has 0 aliphatic carbocycles. The molecule has 1 aromatic heterocycles. The number of para-hydroxylation sites is 1. The fourth-order valence-corrected chi connectivity index (χ4v) is 3.44. The van der Waals surface area contributed by atoms with Crippen molar-refractivity contribution in [3.63, 3.8) is 0 Å². The van der Waals surface area contributed by atoms with Crippen molar-refractivity contribution in [2.75, 3.05) is 7.11 Å². The van der Waals surface area contributed by atoms with Gasteiger partial charge in [0.15, 0.2) is 0 Å². The Morgan fingerprint density at radius 3 is 2.14 bits per heavy atom. The van der Waals surface area contributed by atoms with Crippen molar-refractivity contribution in [3.8, 4) is 39.6 Å². The second-order valence-corrected chi connectivity index (χ2v) is 6.52. The molecule has 0 fully saturated rings. The lowest BCUT2D eigenvalue weighted by molar-refractivity contribution is 0.0698. The molecule has 0 aliphatic heterocycles. The number of hydrogen-bond donors (Lipinski definition) is 2. The van der Waals surface area contributed by atoms with Crippen molar-refractivity contribution in [1.29, 1.82) is 0 Å². The zero-order valence-electron chi connectivity index (χ0n) is 15.7. The van der Waals surface area contributed by atoms with Gasteiger partial charge >= 0.3 is 5.97 Å². The van der Waals surface area contributed by atoms with Crippen molar-refractivity contribution in [3.05, 3.63) is 90.6 Å². The number of aromatic hydroxyl groups is 1. The third-order valence-electron chi connectivity index (χ3n) is 4.81. The van der Waals surface area contributed by atoms with Crippen LogP contribution in [-0.4, -0.2) is 27.9 Å². The number of aromatic carboxylic acids is 1. The molecule has 0 atom stereocenters. The van der Waals surface area contributed by atoms with Crippen molar-refractivity contribution in [1.82, 2.24) is 4.57 Å². The van der Waals surface area contributed by atoms with Crippen LogP contribution < -0.4 is 4.74 Å². The summed E-state index contributed by atoms with van der Waals surface area (Å²) >= 11 is 0. The molecule has 3 aromatic carbocycles. The molecule has 144 valence electrons. The number of ether oxygens (including phenoxy) is 1. The Morgan fingerprint density at radius 1 is 0.862 bits per heavy atom. The van der Waals surface area contributed by atoms with E-state index in [1.165, 1.54) is 0 Å². The van der Waals surface area contributed by atoms with Gasteiger partial charge in [-0.15, -0.1) is 0 Å². The summed E-state index contributed by atoms with van der Waals surface area (Å²) in [5.74, 6) is -0.344. The molecule has 1 heterocycles. The summed E-state index contributed by atoms with van der Waals surface area (Å²) in [5.41, 5.74) is 3.12. The molecular weight excluding hydrogens is 366 g/mol. The SMILES string of the molecule is COc1ccc(-n2cc(-c3ccccc3)c(C(=O)O)c2-c2ccccc2O)cc1. The third-order valence-corrected chi connectivity index (χ3v) is 4.81. The van der Waals surface area contributed by atoms with E-state index in [1.54, 1.807) is 42.1 Å². The largest absolute Gasteiger partial charge is 0.507 e. The third kappa shape index (κ3) is 3.34. The van der Waals surface area contributed by atoms with Crippen LogP contribution in [0.1, 0.15) is 10.4 Å². The Labute approximate surface area is 168 Å². The number of carboxylic acids is 1. The van der Waals surface area contributed by atoms with E-state index in [-0.39, 0.29) is 11.3 Å². The Balaban J connectivity index is 2.06. The van der Waals surface area contributed by atoms with Crippen molar-refractivity contribution >= 4 is 5.97 Å². The molecule has 2 N–H and O–H groups in total. The van der Waals surface area contributed by atoms with E-state index >= 15 is 0 Å². The van der Waals surface area contributed by atoms with E-state index in [4.69, 9.17) is 4.74 Å². The predicted octanol–water partition coefficient (Wildman–Crippen LogP) is 5.22. The molecule has 0 saturated heterocycles. The fourth-order valence-electron chi connectivity index (χ4n) is 3.44. The van der Waals surface area contributed by atoms with Gasteiger partial charge in [-0.05, 0) is 42.0 Å². The lowest BCUT2D eigenvalue weighted by Crippen LogP contribution is -2.03. The summed E-state index contributed by atoms with van der Waals surface area (Å²) in [6.07, 6.45) is 1.79. The number of hydrogen-bond acceptors (Lipinski definition) is 3. The number of aromatic nitrogens is 1. The van der Waals surface area contributed by atoms with Crippen LogP contribution in [0.25, 0.3) is 28.1 Å². The highest BCUT2D eigenvalue weighted by atomic mass is 16.5. The van der Waals surface area contributed by atoms with E-state index in [0.717, 1.165) is 11.3 Å². The Morgan fingerprint density at radius 2 is 1.52 bits per heavy atom. The van der Waals surface area contributed by atoms with Gasteiger partial charge in [0.25, 0.3) is 0 Å². The van der Waals surface area contributed by atoms with Crippen molar-refractivity contribution in [2.45, 2.75) is 0 Å². The smallest absolute Gasteiger partial charge is 0.338 e. The van der Waals surface area contributed by atoms with Crippen LogP contribution >= 0.6 is 0 Å². The normalized spacial score (nSPS) is 10.7. The molecule has 0 spiro atoms. The molecule has 0 amide bonds. The first-order valence-electron chi connectivity index (χ1n) is 9.07. The number of carboxylic acid groups (broad SMARTS) is 1. The number of methoxy groups -OCH3 is 1. The molecule has 0 bridgehead atoms. The number of rotatable bonds is 5. The highest BCUT2D eigenvalue weighted by molar-refractivity contribution is 6.04. The van der Waals surface area contributed by atoms with Crippen LogP contribution in [0.3, 0.4) is 0 Å². The molecule has 0 saturated carbocycles. The first kappa shape index (κ1) is 18.4. The highest BCUT2D eigenvalue weighted by Crippen LogP contribution is 2.40. The minimum absolute atomic E-state index is 0.0162. The van der Waals surface area contributed by atoms with Gasteiger partial charge in [-0.25, -0.2) is 4.79 Å². The summed E-state index contributed by atoms with van der Waals surface area (Å²) < 4.78 is 7.02. The minimum atomic E-state index is -1.06. The van der Waals surface area contributed by atoms with Gasteiger partial charge < -0.3 is 19.5 Å². The molecule has 5 nitrogen and oxygen atoms in total. The summed E-state index contributed by atoms with van der Waals surface area (Å²) in [6, 6.07) is 23.4. The van der Waals surface area contributed by atoms with Gasteiger partial charge in [0.2, 0.25) is 0 Å². The van der Waals surface area contributed by atoms with Crippen LogP contribution in [0.2, 0.25) is 0 Å².